The second-order valence-corrected chi connectivity index (χ2v) is 5.22. The Morgan fingerprint density at radius 1 is 1.10 bits per heavy atom. The Morgan fingerprint density at radius 2 is 1.90 bits per heavy atom. The summed E-state index contributed by atoms with van der Waals surface area (Å²) in [5, 5.41) is 9.16. The van der Waals surface area contributed by atoms with Gasteiger partial charge in [-0.05, 0) is 18.1 Å². The van der Waals surface area contributed by atoms with E-state index in [-0.39, 0.29) is 0 Å². The van der Waals surface area contributed by atoms with Crippen LogP contribution in [-0.4, -0.2) is 14.8 Å². The van der Waals surface area contributed by atoms with Gasteiger partial charge in [0.15, 0.2) is 0 Å². The molecule has 0 radical (unpaired) electrons. The zero-order valence-electron chi connectivity index (χ0n) is 12.5. The van der Waals surface area contributed by atoms with Gasteiger partial charge in [-0.25, -0.2) is 0 Å². The summed E-state index contributed by atoms with van der Waals surface area (Å²) in [4.78, 5) is 4.49. The predicted octanol–water partition coefficient (Wildman–Crippen LogP) is 2.82. The summed E-state index contributed by atoms with van der Waals surface area (Å²) in [5.74, 6) is 0. The molecule has 1 N–H and O–H groups in total. The second-order valence-electron chi connectivity index (χ2n) is 5.22. The molecule has 0 unspecified atom stereocenters. The lowest BCUT2D eigenvalue weighted by molar-refractivity contribution is 0.690. The van der Waals surface area contributed by atoms with Crippen LogP contribution in [0.3, 0.4) is 0 Å². The molecule has 1 aromatic carbocycles. The van der Waals surface area contributed by atoms with Crippen molar-refractivity contribution >= 4 is 10.9 Å². The zero-order chi connectivity index (χ0) is 14.7. The normalized spacial score (nSPS) is 11.1. The molecule has 0 bridgehead atoms. The van der Waals surface area contributed by atoms with Gasteiger partial charge in [-0.1, -0.05) is 31.2 Å². The lowest BCUT2D eigenvalue weighted by atomic mass is 10.1. The fourth-order valence-corrected chi connectivity index (χ4v) is 2.67. The molecule has 0 spiro atoms. The van der Waals surface area contributed by atoms with E-state index in [9.17, 15) is 0 Å². The van der Waals surface area contributed by atoms with Gasteiger partial charge in [0, 0.05) is 43.5 Å². The summed E-state index contributed by atoms with van der Waals surface area (Å²) in [6, 6.07) is 10.4. The number of benzene rings is 1. The van der Waals surface area contributed by atoms with Gasteiger partial charge >= 0.3 is 0 Å². The number of aryl methyl sites for hydroxylation is 2. The smallest absolute Gasteiger partial charge is 0.0746 e. The average molecular weight is 280 g/mol. The third-order valence-corrected chi connectivity index (χ3v) is 3.67. The number of nitrogens with one attached hydrogen (secondary N) is 1. The number of fused-ring (bicyclic) bond motifs is 1. The quantitative estimate of drug-likeness (QED) is 0.781. The van der Waals surface area contributed by atoms with Crippen LogP contribution in [0.2, 0.25) is 0 Å². The Hall–Kier alpha value is -2.20. The van der Waals surface area contributed by atoms with Crippen LogP contribution in [0.1, 0.15) is 23.7 Å². The van der Waals surface area contributed by atoms with Crippen molar-refractivity contribution in [3.8, 4) is 0 Å². The summed E-state index contributed by atoms with van der Waals surface area (Å²) in [6.45, 7) is 3.78. The summed E-state index contributed by atoms with van der Waals surface area (Å²) in [6.07, 6.45) is 4.91. The molecule has 2 heterocycles. The standard InChI is InChI=1S/C17H20N4/c1-3-16-15(12-21(2)20-16)11-18-10-14-7-4-6-13-8-5-9-19-17(13)14/h4-9,12,18H,3,10-11H2,1-2H3. The topological polar surface area (TPSA) is 42.7 Å². The van der Waals surface area contributed by atoms with E-state index < -0.39 is 0 Å². The molecule has 3 aromatic rings. The average Bonchev–Trinajstić information content (AvgIpc) is 2.87. The maximum atomic E-state index is 4.49. The summed E-state index contributed by atoms with van der Waals surface area (Å²) in [7, 11) is 1.97. The molecule has 0 saturated carbocycles. The van der Waals surface area contributed by atoms with E-state index in [1.807, 2.05) is 24.0 Å². The van der Waals surface area contributed by atoms with Gasteiger partial charge in [0.25, 0.3) is 0 Å². The molecule has 21 heavy (non-hydrogen) atoms. The van der Waals surface area contributed by atoms with Crippen LogP contribution in [0.15, 0.2) is 42.7 Å². The van der Waals surface area contributed by atoms with Crippen molar-refractivity contribution in [3.05, 3.63) is 59.5 Å². The van der Waals surface area contributed by atoms with E-state index in [0.29, 0.717) is 0 Å². The predicted molar refractivity (Wildman–Crippen MR) is 84.9 cm³/mol. The molecule has 2 aromatic heterocycles. The number of aromatic nitrogens is 3. The number of pyridine rings is 1. The Labute approximate surface area is 124 Å². The van der Waals surface area contributed by atoms with E-state index in [4.69, 9.17) is 0 Å². The lowest BCUT2D eigenvalue weighted by Gasteiger charge is -2.07. The lowest BCUT2D eigenvalue weighted by Crippen LogP contribution is -2.13. The highest BCUT2D eigenvalue weighted by Gasteiger charge is 2.06. The van der Waals surface area contributed by atoms with E-state index in [0.717, 1.165) is 25.0 Å². The third kappa shape index (κ3) is 2.95. The Balaban J connectivity index is 1.72. The van der Waals surface area contributed by atoms with Crippen LogP contribution in [0.25, 0.3) is 10.9 Å². The highest BCUT2D eigenvalue weighted by atomic mass is 15.3. The van der Waals surface area contributed by atoms with E-state index in [1.165, 1.54) is 22.2 Å². The van der Waals surface area contributed by atoms with Crippen LogP contribution < -0.4 is 5.32 Å². The molecular formula is C17H20N4. The molecule has 0 aliphatic carbocycles. The van der Waals surface area contributed by atoms with Crippen molar-refractivity contribution in [2.45, 2.75) is 26.4 Å². The molecule has 0 aliphatic rings. The Bertz CT molecular complexity index is 740. The first kappa shape index (κ1) is 13.8. The largest absolute Gasteiger partial charge is 0.308 e. The maximum absolute atomic E-state index is 4.49. The zero-order valence-corrected chi connectivity index (χ0v) is 12.5. The van der Waals surface area contributed by atoms with Gasteiger partial charge < -0.3 is 5.32 Å². The monoisotopic (exact) mass is 280 g/mol. The highest BCUT2D eigenvalue weighted by Crippen LogP contribution is 2.16. The minimum absolute atomic E-state index is 0.812. The second kappa shape index (κ2) is 6.06. The van der Waals surface area contributed by atoms with Crippen molar-refractivity contribution in [3.63, 3.8) is 0 Å². The molecule has 0 amide bonds. The molecule has 0 fully saturated rings. The fraction of sp³-hybridized carbons (Fsp3) is 0.294. The SMILES string of the molecule is CCc1nn(C)cc1CNCc1cccc2cccnc12. The van der Waals surface area contributed by atoms with Crippen LogP contribution in [0, 0.1) is 0 Å². The minimum atomic E-state index is 0.812. The van der Waals surface area contributed by atoms with Gasteiger partial charge in [0.1, 0.15) is 0 Å². The number of para-hydroxylation sites is 1. The van der Waals surface area contributed by atoms with Crippen LogP contribution in [0.5, 0.6) is 0 Å². The van der Waals surface area contributed by atoms with E-state index in [2.05, 4.69) is 52.8 Å². The summed E-state index contributed by atoms with van der Waals surface area (Å²) >= 11 is 0. The van der Waals surface area contributed by atoms with Crippen molar-refractivity contribution < 1.29 is 0 Å². The molecular weight excluding hydrogens is 260 g/mol. The molecule has 0 aliphatic heterocycles. The van der Waals surface area contributed by atoms with E-state index in [1.54, 1.807) is 0 Å². The first-order valence-electron chi connectivity index (χ1n) is 7.32. The van der Waals surface area contributed by atoms with Crippen molar-refractivity contribution in [1.82, 2.24) is 20.1 Å². The first-order chi connectivity index (χ1) is 10.3. The summed E-state index contributed by atoms with van der Waals surface area (Å²) < 4.78 is 1.88. The molecule has 4 nitrogen and oxygen atoms in total. The number of nitrogens with zero attached hydrogens (tertiary/aromatic N) is 3. The number of rotatable bonds is 5. The minimum Gasteiger partial charge on any atom is -0.308 e. The molecule has 3 rings (SSSR count). The van der Waals surface area contributed by atoms with Gasteiger partial charge in [-0.2, -0.15) is 5.10 Å². The summed E-state index contributed by atoms with van der Waals surface area (Å²) in [5.41, 5.74) is 4.75. The molecule has 0 saturated heterocycles. The van der Waals surface area contributed by atoms with Gasteiger partial charge in [-0.3, -0.25) is 9.67 Å². The number of hydrogen-bond acceptors (Lipinski definition) is 3. The van der Waals surface area contributed by atoms with Crippen LogP contribution in [-0.2, 0) is 26.6 Å². The van der Waals surface area contributed by atoms with E-state index >= 15 is 0 Å². The van der Waals surface area contributed by atoms with Gasteiger partial charge in [0.05, 0.1) is 11.2 Å². The van der Waals surface area contributed by atoms with Gasteiger partial charge in [0.2, 0.25) is 0 Å². The Morgan fingerprint density at radius 3 is 2.76 bits per heavy atom. The molecule has 108 valence electrons. The van der Waals surface area contributed by atoms with Crippen molar-refractivity contribution in [2.75, 3.05) is 0 Å². The maximum Gasteiger partial charge on any atom is 0.0746 e. The van der Waals surface area contributed by atoms with Crippen LogP contribution in [0.4, 0.5) is 0 Å². The van der Waals surface area contributed by atoms with Crippen molar-refractivity contribution in [1.29, 1.82) is 0 Å². The highest BCUT2D eigenvalue weighted by molar-refractivity contribution is 5.81. The van der Waals surface area contributed by atoms with Crippen LogP contribution >= 0.6 is 0 Å². The fourth-order valence-electron chi connectivity index (χ4n) is 2.67. The Kier molecular flexibility index (Phi) is 3.97. The van der Waals surface area contributed by atoms with Gasteiger partial charge in [-0.15, -0.1) is 0 Å². The third-order valence-electron chi connectivity index (χ3n) is 3.67. The van der Waals surface area contributed by atoms with Crippen molar-refractivity contribution in [2.24, 2.45) is 7.05 Å². The first-order valence-corrected chi connectivity index (χ1v) is 7.32. The molecule has 4 heteroatoms. The molecule has 0 atom stereocenters. The number of hydrogen-bond donors (Lipinski definition) is 1.